The first-order chi connectivity index (χ1) is 9.93. The summed E-state index contributed by atoms with van der Waals surface area (Å²) < 4.78 is 33.8. The molecule has 0 radical (unpaired) electrons. The quantitative estimate of drug-likeness (QED) is 0.880. The summed E-state index contributed by atoms with van der Waals surface area (Å²) in [7, 11) is 1.10. The van der Waals surface area contributed by atoms with Crippen LogP contribution in [-0.4, -0.2) is 22.9 Å². The van der Waals surface area contributed by atoms with Gasteiger partial charge in [0.1, 0.15) is 0 Å². The third-order valence-corrected chi connectivity index (χ3v) is 2.90. The van der Waals surface area contributed by atoms with Crippen molar-refractivity contribution in [1.82, 2.24) is 9.78 Å². The van der Waals surface area contributed by atoms with Crippen LogP contribution in [-0.2, 0) is 4.74 Å². The second-order valence-electron chi connectivity index (χ2n) is 4.71. The average molecular weight is 295 g/mol. The van der Waals surface area contributed by atoms with Gasteiger partial charge in [0, 0.05) is 12.2 Å². The topological polar surface area (TPSA) is 56.1 Å². The van der Waals surface area contributed by atoms with Crippen molar-refractivity contribution in [2.75, 3.05) is 12.4 Å². The highest BCUT2D eigenvalue weighted by molar-refractivity contribution is 5.90. The summed E-state index contributed by atoms with van der Waals surface area (Å²) in [4.78, 5) is 11.3. The number of ether oxygens (including phenoxy) is 1. The van der Waals surface area contributed by atoms with E-state index in [0.717, 1.165) is 7.11 Å². The lowest BCUT2D eigenvalue weighted by atomic mass is 10.2. The summed E-state index contributed by atoms with van der Waals surface area (Å²) in [6, 6.07) is 2.60. The molecule has 0 unspecified atom stereocenters. The van der Waals surface area contributed by atoms with Crippen LogP contribution in [0.3, 0.4) is 0 Å². The van der Waals surface area contributed by atoms with Gasteiger partial charge in [-0.15, -0.1) is 0 Å². The lowest BCUT2D eigenvalue weighted by Crippen LogP contribution is -2.07. The maximum Gasteiger partial charge on any atom is 0.340 e. The number of nitrogens with zero attached hydrogens (tertiary/aromatic N) is 2. The zero-order chi connectivity index (χ0) is 15.6. The average Bonchev–Trinajstić information content (AvgIpc) is 2.92. The van der Waals surface area contributed by atoms with E-state index in [1.807, 2.05) is 13.8 Å². The van der Waals surface area contributed by atoms with Crippen LogP contribution in [0, 0.1) is 11.6 Å². The predicted octanol–water partition coefficient (Wildman–Crippen LogP) is 3.27. The molecule has 1 aromatic carbocycles. The minimum atomic E-state index is -1.25. The third kappa shape index (κ3) is 3.01. The lowest BCUT2D eigenvalue weighted by Gasteiger charge is -2.08. The number of aromatic nitrogens is 2. The summed E-state index contributed by atoms with van der Waals surface area (Å²) in [5, 5.41) is 6.81. The second kappa shape index (κ2) is 5.90. The number of carbonyl (C=O) groups is 1. The minimum Gasteiger partial charge on any atom is -0.465 e. The Hall–Kier alpha value is -2.44. The molecule has 0 aliphatic carbocycles. The summed E-state index contributed by atoms with van der Waals surface area (Å²) in [5.41, 5.74) is -0.00490. The molecule has 1 heterocycles. The Kier molecular flexibility index (Phi) is 4.21. The highest BCUT2D eigenvalue weighted by Gasteiger charge is 2.19. The Morgan fingerprint density at radius 1 is 1.33 bits per heavy atom. The van der Waals surface area contributed by atoms with Crippen molar-refractivity contribution in [1.29, 1.82) is 0 Å². The van der Waals surface area contributed by atoms with Crippen molar-refractivity contribution < 1.29 is 18.3 Å². The molecule has 2 rings (SSSR count). The number of methoxy groups -OCH3 is 1. The van der Waals surface area contributed by atoms with Crippen LogP contribution in [0.5, 0.6) is 0 Å². The van der Waals surface area contributed by atoms with E-state index in [1.165, 1.54) is 18.3 Å². The molecule has 2 aromatic rings. The van der Waals surface area contributed by atoms with E-state index in [2.05, 4.69) is 15.2 Å². The number of hydrogen-bond acceptors (Lipinski definition) is 4. The van der Waals surface area contributed by atoms with Crippen molar-refractivity contribution in [3.63, 3.8) is 0 Å². The Bertz CT molecular complexity index is 668. The molecular weight excluding hydrogens is 280 g/mol. The SMILES string of the molecule is COC(=O)c1ccc(Nc2cnn(C(C)C)c2)c(F)c1F. The molecule has 1 N–H and O–H groups in total. The maximum atomic E-state index is 13.9. The fourth-order valence-corrected chi connectivity index (χ4v) is 1.75. The zero-order valence-corrected chi connectivity index (χ0v) is 11.9. The zero-order valence-electron chi connectivity index (χ0n) is 11.9. The molecule has 112 valence electrons. The molecule has 0 aliphatic heterocycles. The number of benzene rings is 1. The second-order valence-corrected chi connectivity index (χ2v) is 4.71. The Morgan fingerprint density at radius 3 is 2.62 bits per heavy atom. The first-order valence-corrected chi connectivity index (χ1v) is 6.31. The van der Waals surface area contributed by atoms with Crippen molar-refractivity contribution in [3.8, 4) is 0 Å². The van der Waals surface area contributed by atoms with E-state index in [0.29, 0.717) is 5.69 Å². The molecule has 0 fully saturated rings. The third-order valence-electron chi connectivity index (χ3n) is 2.90. The van der Waals surface area contributed by atoms with E-state index >= 15 is 0 Å². The molecule has 7 heteroatoms. The van der Waals surface area contributed by atoms with Gasteiger partial charge >= 0.3 is 5.97 Å². The van der Waals surface area contributed by atoms with Crippen LogP contribution in [0.4, 0.5) is 20.2 Å². The smallest absolute Gasteiger partial charge is 0.340 e. The lowest BCUT2D eigenvalue weighted by molar-refractivity contribution is 0.0594. The Labute approximate surface area is 120 Å². The van der Waals surface area contributed by atoms with Crippen LogP contribution < -0.4 is 5.32 Å². The number of rotatable bonds is 4. The van der Waals surface area contributed by atoms with Crippen LogP contribution in [0.25, 0.3) is 0 Å². The van der Waals surface area contributed by atoms with E-state index in [1.54, 1.807) is 10.9 Å². The molecule has 0 spiro atoms. The van der Waals surface area contributed by atoms with Gasteiger partial charge in [0.2, 0.25) is 0 Å². The normalized spacial score (nSPS) is 10.8. The number of carbonyl (C=O) groups excluding carboxylic acids is 1. The van der Waals surface area contributed by atoms with Gasteiger partial charge < -0.3 is 10.1 Å². The van der Waals surface area contributed by atoms with Crippen LogP contribution >= 0.6 is 0 Å². The fraction of sp³-hybridized carbons (Fsp3) is 0.286. The number of halogens is 2. The van der Waals surface area contributed by atoms with Crippen molar-refractivity contribution in [2.24, 2.45) is 0 Å². The molecule has 0 aliphatic rings. The summed E-state index contributed by atoms with van der Waals surface area (Å²) in [6.07, 6.45) is 3.18. The highest BCUT2D eigenvalue weighted by atomic mass is 19.2. The molecule has 1 aromatic heterocycles. The predicted molar refractivity (Wildman–Crippen MR) is 73.6 cm³/mol. The monoisotopic (exact) mass is 295 g/mol. The fourth-order valence-electron chi connectivity index (χ4n) is 1.75. The summed E-state index contributed by atoms with van der Waals surface area (Å²) >= 11 is 0. The minimum absolute atomic E-state index is 0.0801. The van der Waals surface area contributed by atoms with Crippen LogP contribution in [0.1, 0.15) is 30.2 Å². The molecule has 0 saturated heterocycles. The Balaban J connectivity index is 2.28. The van der Waals surface area contributed by atoms with E-state index < -0.39 is 23.2 Å². The van der Waals surface area contributed by atoms with E-state index in [9.17, 15) is 13.6 Å². The highest BCUT2D eigenvalue weighted by Crippen LogP contribution is 2.24. The standard InChI is InChI=1S/C14H15F2N3O2/c1-8(2)19-7-9(6-17-19)18-11-5-4-10(14(20)21-3)12(15)13(11)16/h4-8,18H,1-3H3. The number of anilines is 2. The first-order valence-electron chi connectivity index (χ1n) is 6.31. The number of esters is 1. The molecule has 0 bridgehead atoms. The van der Waals surface area contributed by atoms with E-state index in [-0.39, 0.29) is 11.7 Å². The van der Waals surface area contributed by atoms with Crippen molar-refractivity contribution in [3.05, 3.63) is 41.7 Å². The van der Waals surface area contributed by atoms with Gasteiger partial charge in [0.05, 0.1) is 30.2 Å². The van der Waals surface area contributed by atoms with Gasteiger partial charge in [-0.2, -0.15) is 5.10 Å². The summed E-state index contributed by atoms with van der Waals surface area (Å²) in [5.74, 6) is -3.32. The van der Waals surface area contributed by atoms with Gasteiger partial charge in [-0.05, 0) is 26.0 Å². The number of nitrogens with one attached hydrogen (secondary N) is 1. The first kappa shape index (κ1) is 15.0. The molecule has 21 heavy (non-hydrogen) atoms. The van der Waals surface area contributed by atoms with Gasteiger partial charge in [-0.1, -0.05) is 0 Å². The number of hydrogen-bond donors (Lipinski definition) is 1. The van der Waals surface area contributed by atoms with Crippen molar-refractivity contribution in [2.45, 2.75) is 19.9 Å². The molecule has 5 nitrogen and oxygen atoms in total. The molecular formula is C14H15F2N3O2. The van der Waals surface area contributed by atoms with Crippen LogP contribution in [0.15, 0.2) is 24.5 Å². The van der Waals surface area contributed by atoms with Crippen LogP contribution in [0.2, 0.25) is 0 Å². The van der Waals surface area contributed by atoms with Gasteiger partial charge in [0.15, 0.2) is 11.6 Å². The maximum absolute atomic E-state index is 13.9. The summed E-state index contributed by atoms with van der Waals surface area (Å²) in [6.45, 7) is 3.89. The molecule has 0 saturated carbocycles. The molecule has 0 amide bonds. The van der Waals surface area contributed by atoms with Crippen molar-refractivity contribution >= 4 is 17.3 Å². The van der Waals surface area contributed by atoms with Gasteiger partial charge in [-0.25, -0.2) is 13.6 Å². The Morgan fingerprint density at radius 2 is 2.05 bits per heavy atom. The molecule has 0 atom stereocenters. The van der Waals surface area contributed by atoms with E-state index in [4.69, 9.17) is 0 Å². The van der Waals surface area contributed by atoms with Gasteiger partial charge in [-0.3, -0.25) is 4.68 Å². The largest absolute Gasteiger partial charge is 0.465 e. The van der Waals surface area contributed by atoms with Gasteiger partial charge in [0.25, 0.3) is 0 Å².